The van der Waals surface area contributed by atoms with Gasteiger partial charge in [0.15, 0.2) is 30.9 Å². The van der Waals surface area contributed by atoms with Crippen molar-refractivity contribution >= 4 is 134 Å². The van der Waals surface area contributed by atoms with Crippen LogP contribution < -0.4 is 23.7 Å². The summed E-state index contributed by atoms with van der Waals surface area (Å²) in [4.78, 5) is 65.2. The third-order valence-corrected chi connectivity index (χ3v) is 29.2. The van der Waals surface area contributed by atoms with Gasteiger partial charge in [-0.2, -0.15) is 25.5 Å². The van der Waals surface area contributed by atoms with Gasteiger partial charge in [-0.05, 0) is 282 Å². The van der Waals surface area contributed by atoms with E-state index in [9.17, 15) is 34.2 Å². The number of aryl methyl sites for hydroxylation is 10. The number of aromatic nitrogens is 10. The molecule has 26 nitrogen and oxygen atoms in total. The molecule has 2 N–H and O–H groups in total. The third kappa shape index (κ3) is 22.7. The van der Waals surface area contributed by atoms with Crippen LogP contribution in [0.3, 0.4) is 0 Å². The number of carboxylic acids is 1. The maximum Gasteiger partial charge on any atom is 0.341 e. The van der Waals surface area contributed by atoms with E-state index in [1.54, 1.807) is 57.3 Å². The molecule has 35 heteroatoms. The number of aldehydes is 2. The molecule has 0 aliphatic carbocycles. The van der Waals surface area contributed by atoms with Gasteiger partial charge in [0.1, 0.15) is 68.6 Å². The van der Waals surface area contributed by atoms with Gasteiger partial charge in [0, 0.05) is 63.1 Å². The summed E-state index contributed by atoms with van der Waals surface area (Å²) in [6.45, 7) is 15.0. The van der Waals surface area contributed by atoms with E-state index in [4.69, 9.17) is 99.2 Å². The fourth-order valence-corrected chi connectivity index (χ4v) is 22.2. The Morgan fingerprint density at radius 1 is 0.388 bits per heavy atom. The average molecular weight is 2050 g/mol. The zero-order chi connectivity index (χ0) is 97.7. The van der Waals surface area contributed by atoms with Crippen LogP contribution in [0.15, 0.2) is 157 Å². The first-order valence-corrected chi connectivity index (χ1v) is 50.5. The van der Waals surface area contributed by atoms with E-state index in [0.29, 0.717) is 76.0 Å². The Balaban J connectivity index is 0.000000132. The maximum absolute atomic E-state index is 12.9. The van der Waals surface area contributed by atoms with E-state index in [2.05, 4.69) is 39.6 Å². The summed E-state index contributed by atoms with van der Waals surface area (Å²) < 4.78 is 61.5. The molecule has 3 unspecified atom stereocenters. The van der Waals surface area contributed by atoms with Gasteiger partial charge in [0.2, 0.25) is 0 Å². The molecule has 0 amide bonds. The van der Waals surface area contributed by atoms with Crippen molar-refractivity contribution in [1.29, 1.82) is 0 Å². The number of aliphatic carboxylic acids is 1. The number of rotatable bonds is 20. The van der Waals surface area contributed by atoms with Gasteiger partial charge in [0.05, 0.1) is 117 Å². The zero-order valence-corrected chi connectivity index (χ0v) is 85.2. The van der Waals surface area contributed by atoms with Crippen molar-refractivity contribution in [2.75, 3.05) is 47.3 Å². The molecular weight excluding hydrogens is 1950 g/mol. The van der Waals surface area contributed by atoms with Crippen molar-refractivity contribution in [2.24, 2.45) is 35.2 Å². The molecule has 726 valence electrons. The van der Waals surface area contributed by atoms with E-state index < -0.39 is 47.4 Å². The number of methoxy groups -OCH3 is 2. The Bertz CT molecular complexity index is 7020. The minimum atomic E-state index is -1.45. The highest BCUT2D eigenvalue weighted by atomic mass is 35.5. The molecule has 15 heterocycles. The molecular formula is C104H106Cl4N10O16S5. The number of hydrogen-bond donors (Lipinski definition) is 2. The molecule has 0 saturated carbocycles. The lowest BCUT2D eigenvalue weighted by atomic mass is 9.95. The molecule has 139 heavy (non-hydrogen) atoms. The van der Waals surface area contributed by atoms with Crippen LogP contribution in [0.25, 0.3) is 108 Å². The highest BCUT2D eigenvalue weighted by Crippen LogP contribution is 2.50. The first-order valence-electron chi connectivity index (χ1n) is 44.8. The smallest absolute Gasteiger partial charge is 0.341 e. The van der Waals surface area contributed by atoms with Crippen LogP contribution in [0.2, 0.25) is 17.3 Å². The van der Waals surface area contributed by atoms with Gasteiger partial charge in [0.25, 0.3) is 0 Å². The van der Waals surface area contributed by atoms with Gasteiger partial charge < -0.3 is 52.8 Å². The lowest BCUT2D eigenvalue weighted by molar-refractivity contribution is -0.165. The number of carboxylic acid groups (broad SMARTS) is 1. The molecule has 0 spiro atoms. The molecule has 10 aromatic heterocycles. The number of aliphatic hydroxyl groups excluding tert-OH is 1. The summed E-state index contributed by atoms with van der Waals surface area (Å²) in [5, 5.41) is 45.9. The number of benzene rings is 5. The number of aliphatic hydroxyl groups is 1. The number of ether oxygens (including phenoxy) is 9. The summed E-state index contributed by atoms with van der Waals surface area (Å²) in [5.41, 5.74) is 19.6. The molecule has 5 aliphatic rings. The maximum atomic E-state index is 12.9. The van der Waals surface area contributed by atoms with Crippen LogP contribution in [-0.2, 0) is 101 Å². The molecule has 0 fully saturated rings. The minimum absolute atomic E-state index is 0. The molecule has 3 atom stereocenters. The number of hydrogen-bond acceptors (Lipinski definition) is 25. The van der Waals surface area contributed by atoms with Crippen LogP contribution in [0.4, 0.5) is 0 Å². The van der Waals surface area contributed by atoms with Crippen LogP contribution in [0, 0.1) is 0 Å². The second-order valence-electron chi connectivity index (χ2n) is 35.2. The SMILES string of the molecule is C.COC(=O)C(O)c1c(-c2ccc3c(c2)CCCO3)c(-c2ccc(Cl)s2)nn1C.COC(=O)C(OC(C)(C)C)c1c(-c2ccc3c(c2)CCCO3)c(-c2ccc(Cl)s2)nn1C.Cn1nc(-c2ccc(Cl)s2)c(-c2ccc3c(c2)CCCO3)c1C(OC(C)(C)C)C(=O)O.Cn1nc(-c2ccc(Cl)s2)c(-c2ccc3c(c2)CCCO3)c1C=O.Cn1nc(-c2cccs2)c(-c2ccc3c(c2)CCCO3)c1C=O. The Hall–Kier alpha value is -11.6. The van der Waals surface area contributed by atoms with E-state index >= 15 is 0 Å². The Morgan fingerprint density at radius 2 is 0.669 bits per heavy atom. The predicted octanol–water partition coefficient (Wildman–Crippen LogP) is 24.8. The van der Waals surface area contributed by atoms with Crippen molar-refractivity contribution in [3.05, 3.63) is 231 Å². The zero-order valence-electron chi connectivity index (χ0n) is 78.1. The first kappa shape index (κ1) is 102. The van der Waals surface area contributed by atoms with Crippen molar-refractivity contribution in [3.63, 3.8) is 0 Å². The van der Waals surface area contributed by atoms with E-state index in [-0.39, 0.29) is 7.43 Å². The first-order chi connectivity index (χ1) is 66.2. The molecule has 0 radical (unpaired) electrons. The number of carbonyl (C=O) groups is 5. The summed E-state index contributed by atoms with van der Waals surface area (Å²) in [6.07, 6.45) is 7.86. The van der Waals surface area contributed by atoms with Crippen molar-refractivity contribution in [2.45, 2.75) is 143 Å². The standard InChI is InChI=1S/C24H27ClN2O4S.C23H25ClN2O4S.C20H19ClN2O4S.C18H15ClN2O2S.C18H16N2O2S.CH4/c1-24(2,3)31-22(23(28)29-5)21-19(15-8-9-16-14(13-15)7-6-12-30-16)20(26-27(21)4)17-10-11-18(25)32-17;1-23(2,3)30-21(22(27)28)20-18(14-7-8-15-13(12-14)6-5-11-29-15)19(25-26(20)4)16-9-10-17(24)31-16;1-23-18(19(24)20(25)26-2)16(17(22-23)14-7-8-15(21)28-14)12-5-6-13-11(10-12)4-3-9-27-13;1-21-13(10-22)17(18(20-21)15-6-7-16(19)24-15)12-4-5-14-11(9-12)3-2-8-23-14;1-20-14(11-21)17(18(19-20)16-5-3-9-23-16)13-6-7-15-12(10-13)4-2-8-22-15;/h8-11,13,22H,6-7,12H2,1-5H3;7-10,12,21H,5-6,11H2,1-4H3,(H,27,28);5-8,10,19,24H,3-4,9H2,1-2H3;4-7,9-10H,2-3,8H2,1H3;3,5-7,9-11H,2,4,8H2,1H3;1H4. The topological polar surface area (TPSA) is 298 Å². The largest absolute Gasteiger partial charge is 0.493 e. The molecule has 5 aromatic carbocycles. The second-order valence-corrected chi connectivity index (χ2v) is 43.0. The van der Waals surface area contributed by atoms with Gasteiger partial charge >= 0.3 is 17.9 Å². The minimum Gasteiger partial charge on any atom is -0.493 e. The van der Waals surface area contributed by atoms with Crippen molar-refractivity contribution in [3.8, 4) is 137 Å². The number of halogens is 4. The highest BCUT2D eigenvalue weighted by molar-refractivity contribution is 7.20. The summed E-state index contributed by atoms with van der Waals surface area (Å²) in [5.74, 6) is 2.27. The van der Waals surface area contributed by atoms with Gasteiger partial charge in [-0.3, -0.25) is 33.0 Å². The van der Waals surface area contributed by atoms with Gasteiger partial charge in [-0.15, -0.1) is 56.7 Å². The van der Waals surface area contributed by atoms with Crippen LogP contribution >= 0.6 is 103 Å². The van der Waals surface area contributed by atoms with Gasteiger partial charge in [-0.25, -0.2) is 14.4 Å². The lowest BCUT2D eigenvalue weighted by Gasteiger charge is -2.27. The summed E-state index contributed by atoms with van der Waals surface area (Å²) in [7, 11) is 11.5. The Morgan fingerprint density at radius 3 is 0.950 bits per heavy atom. The summed E-state index contributed by atoms with van der Waals surface area (Å²) in [6, 6.07) is 49.3. The predicted molar refractivity (Wildman–Crippen MR) is 550 cm³/mol. The second kappa shape index (κ2) is 44.1. The van der Waals surface area contributed by atoms with Crippen LogP contribution in [-0.4, -0.2) is 148 Å². The van der Waals surface area contributed by atoms with Crippen molar-refractivity contribution in [1.82, 2.24) is 48.9 Å². The third-order valence-electron chi connectivity index (χ3n) is 23.4. The number of thiophene rings is 5. The van der Waals surface area contributed by atoms with E-state index in [1.165, 1.54) is 75.4 Å². The summed E-state index contributed by atoms with van der Waals surface area (Å²) >= 11 is 32.0. The average Bonchev–Trinajstić information content (AvgIpc) is 1.61. The normalized spacial score (nSPS) is 14.1. The molecule has 20 rings (SSSR count). The monoisotopic (exact) mass is 2050 g/mol. The van der Waals surface area contributed by atoms with E-state index in [1.807, 2.05) is 182 Å². The number of nitrogens with zero attached hydrogens (tertiary/aromatic N) is 10. The molecule has 0 saturated heterocycles. The molecule has 0 bridgehead atoms. The Kier molecular flexibility index (Phi) is 32.3. The Labute approximate surface area is 845 Å². The molecule has 5 aliphatic heterocycles. The number of fused-ring (bicyclic) bond motifs is 5. The molecule has 15 aromatic rings. The fourth-order valence-electron chi connectivity index (χ4n) is 17.4. The number of esters is 2. The lowest BCUT2D eigenvalue weighted by Crippen LogP contribution is -2.29. The van der Waals surface area contributed by atoms with Crippen LogP contribution in [0.5, 0.6) is 28.7 Å². The highest BCUT2D eigenvalue weighted by Gasteiger charge is 2.39. The number of carbonyl (C=O) groups excluding carboxylic acids is 4. The van der Waals surface area contributed by atoms with E-state index in [0.717, 1.165) is 234 Å². The van der Waals surface area contributed by atoms with Crippen molar-refractivity contribution < 1.29 is 76.8 Å². The quantitative estimate of drug-likeness (QED) is 0.0529. The van der Waals surface area contributed by atoms with Gasteiger partial charge in [-0.1, -0.05) is 90.2 Å². The van der Waals surface area contributed by atoms with Crippen LogP contribution in [0.1, 0.15) is 165 Å². The fraction of sp³-hybridized carbons (Fsp3) is 0.327.